The monoisotopic (exact) mass is 253 g/mol. The lowest BCUT2D eigenvalue weighted by Crippen LogP contribution is -2.06. The number of hydrogen-bond acceptors (Lipinski definition) is 2. The summed E-state index contributed by atoms with van der Waals surface area (Å²) in [6.45, 7) is 5.47. The first-order valence-electron chi connectivity index (χ1n) is 7.54. The van der Waals surface area contributed by atoms with Crippen molar-refractivity contribution in [3.05, 3.63) is 0 Å². The first kappa shape index (κ1) is 17.3. The molecule has 0 bridgehead atoms. The zero-order valence-corrected chi connectivity index (χ0v) is 12.4. The number of hydrogen-bond donors (Lipinski definition) is 0. The molecule has 2 aliphatic rings. The summed E-state index contributed by atoms with van der Waals surface area (Å²) >= 11 is 0. The highest BCUT2D eigenvalue weighted by Crippen LogP contribution is 2.22. The first-order valence-corrected chi connectivity index (χ1v) is 7.54. The standard InChI is InChI=1S/C7H12O.C7H14.C2H5N/c8-6-7-4-2-1-3-5-7;1-7-5-3-2-4-6-7;1-3-2/h6-7H,1-5H2;7H,2-6H2,1H3;1H2,2H3. The molecule has 0 amide bonds. The Balaban J connectivity index is 0.000000267. The number of rotatable bonds is 1. The second-order valence-electron chi connectivity index (χ2n) is 5.59. The molecule has 0 aromatic carbocycles. The van der Waals surface area contributed by atoms with Crippen LogP contribution in [0.15, 0.2) is 4.99 Å². The molecule has 0 aromatic heterocycles. The Kier molecular flexibility index (Phi) is 12.3. The Morgan fingerprint density at radius 3 is 1.56 bits per heavy atom. The van der Waals surface area contributed by atoms with Gasteiger partial charge in [-0.25, -0.2) is 0 Å². The number of nitrogens with zero attached hydrogens (tertiary/aromatic N) is 1. The first-order chi connectivity index (χ1) is 8.74. The van der Waals surface area contributed by atoms with E-state index < -0.39 is 0 Å². The van der Waals surface area contributed by atoms with E-state index in [2.05, 4.69) is 18.6 Å². The van der Waals surface area contributed by atoms with Crippen LogP contribution < -0.4 is 0 Å². The molecule has 0 heterocycles. The van der Waals surface area contributed by atoms with Gasteiger partial charge in [0, 0.05) is 13.0 Å². The summed E-state index contributed by atoms with van der Waals surface area (Å²) in [5.41, 5.74) is 0. The molecule has 18 heavy (non-hydrogen) atoms. The van der Waals surface area contributed by atoms with Crippen molar-refractivity contribution in [2.24, 2.45) is 16.8 Å². The molecule has 0 aromatic rings. The molecule has 2 rings (SSSR count). The quantitative estimate of drug-likeness (QED) is 0.493. The number of carbonyl (C=O) groups is 1. The van der Waals surface area contributed by atoms with Gasteiger partial charge in [-0.05, 0) is 25.5 Å². The lowest BCUT2D eigenvalue weighted by Gasteiger charge is -2.15. The lowest BCUT2D eigenvalue weighted by atomic mass is 9.91. The number of aldehydes is 1. The maximum atomic E-state index is 10.2. The Bertz CT molecular complexity index is 191. The average Bonchev–Trinajstić information content (AvgIpc) is 2.42. The zero-order valence-electron chi connectivity index (χ0n) is 12.4. The van der Waals surface area contributed by atoms with E-state index in [9.17, 15) is 4.79 Å². The van der Waals surface area contributed by atoms with Crippen molar-refractivity contribution in [3.63, 3.8) is 0 Å². The maximum Gasteiger partial charge on any atom is 0.123 e. The molecule has 106 valence electrons. The van der Waals surface area contributed by atoms with E-state index in [1.165, 1.54) is 51.4 Å². The van der Waals surface area contributed by atoms with Crippen LogP contribution in [0.25, 0.3) is 0 Å². The van der Waals surface area contributed by atoms with Crippen LogP contribution in [0, 0.1) is 11.8 Å². The summed E-state index contributed by atoms with van der Waals surface area (Å²) < 4.78 is 0. The van der Waals surface area contributed by atoms with Crippen molar-refractivity contribution in [3.8, 4) is 0 Å². The fraction of sp³-hybridized carbons (Fsp3) is 0.875. The summed E-state index contributed by atoms with van der Waals surface area (Å²) in [7, 11) is 1.64. The van der Waals surface area contributed by atoms with E-state index in [-0.39, 0.29) is 0 Å². The summed E-state index contributed by atoms with van der Waals surface area (Å²) in [6, 6.07) is 0. The second-order valence-corrected chi connectivity index (χ2v) is 5.59. The number of carbonyl (C=O) groups excluding carboxylic acids is 1. The summed E-state index contributed by atoms with van der Waals surface area (Å²) in [5.74, 6) is 1.44. The Hall–Kier alpha value is -0.660. The third-order valence-electron chi connectivity index (χ3n) is 3.74. The summed E-state index contributed by atoms with van der Waals surface area (Å²) in [5, 5.41) is 0. The van der Waals surface area contributed by atoms with Gasteiger partial charge in [0.2, 0.25) is 0 Å². The molecule has 0 unspecified atom stereocenters. The van der Waals surface area contributed by atoms with E-state index >= 15 is 0 Å². The van der Waals surface area contributed by atoms with Gasteiger partial charge in [0.25, 0.3) is 0 Å². The van der Waals surface area contributed by atoms with Gasteiger partial charge < -0.3 is 9.79 Å². The fourth-order valence-electron chi connectivity index (χ4n) is 2.58. The van der Waals surface area contributed by atoms with Gasteiger partial charge in [0.05, 0.1) is 0 Å². The Morgan fingerprint density at radius 1 is 0.944 bits per heavy atom. The fourth-order valence-corrected chi connectivity index (χ4v) is 2.58. The smallest absolute Gasteiger partial charge is 0.123 e. The van der Waals surface area contributed by atoms with Crippen LogP contribution in [-0.2, 0) is 4.79 Å². The normalized spacial score (nSPS) is 20.8. The molecule has 2 saturated carbocycles. The SMILES string of the molecule is C=NC.CC1CCCCC1.O=CC1CCCCC1. The molecular weight excluding hydrogens is 222 g/mol. The molecule has 0 spiro atoms. The topological polar surface area (TPSA) is 29.4 Å². The van der Waals surface area contributed by atoms with Crippen molar-refractivity contribution in [2.45, 2.75) is 71.1 Å². The third kappa shape index (κ3) is 10.5. The van der Waals surface area contributed by atoms with E-state index in [1.807, 2.05) is 0 Å². The Morgan fingerprint density at radius 2 is 1.33 bits per heavy atom. The van der Waals surface area contributed by atoms with Gasteiger partial charge in [-0.3, -0.25) is 0 Å². The van der Waals surface area contributed by atoms with Crippen molar-refractivity contribution < 1.29 is 4.79 Å². The molecule has 0 atom stereocenters. The highest BCUT2D eigenvalue weighted by atomic mass is 16.1. The summed E-state index contributed by atoms with van der Waals surface area (Å²) in [4.78, 5) is 13.4. The molecule has 2 nitrogen and oxygen atoms in total. The lowest BCUT2D eigenvalue weighted by molar-refractivity contribution is -0.111. The second kappa shape index (κ2) is 12.8. The van der Waals surface area contributed by atoms with Crippen LogP contribution in [0.1, 0.15) is 71.1 Å². The van der Waals surface area contributed by atoms with Crippen LogP contribution in [0.2, 0.25) is 0 Å². The van der Waals surface area contributed by atoms with Gasteiger partial charge in [0.15, 0.2) is 0 Å². The van der Waals surface area contributed by atoms with Crippen LogP contribution >= 0.6 is 0 Å². The van der Waals surface area contributed by atoms with Crippen LogP contribution in [-0.4, -0.2) is 20.1 Å². The molecule has 0 N–H and O–H groups in total. The molecule has 2 heteroatoms. The average molecular weight is 253 g/mol. The molecule has 0 saturated heterocycles. The highest BCUT2D eigenvalue weighted by Gasteiger charge is 2.10. The van der Waals surface area contributed by atoms with Crippen LogP contribution in [0.4, 0.5) is 0 Å². The van der Waals surface area contributed by atoms with Gasteiger partial charge >= 0.3 is 0 Å². The van der Waals surface area contributed by atoms with Crippen LogP contribution in [0.5, 0.6) is 0 Å². The van der Waals surface area contributed by atoms with Crippen molar-refractivity contribution >= 4 is 13.0 Å². The number of aliphatic imine (C=N–C) groups is 1. The molecule has 2 aliphatic carbocycles. The van der Waals surface area contributed by atoms with Gasteiger partial charge in [0.1, 0.15) is 6.29 Å². The minimum atomic E-state index is 0.406. The highest BCUT2D eigenvalue weighted by molar-refractivity contribution is 5.53. The predicted octanol–water partition coefficient (Wildman–Crippen LogP) is 4.67. The van der Waals surface area contributed by atoms with E-state index in [0.717, 1.165) is 25.0 Å². The van der Waals surface area contributed by atoms with E-state index in [0.29, 0.717) is 5.92 Å². The largest absolute Gasteiger partial charge is 0.304 e. The maximum absolute atomic E-state index is 10.2. The van der Waals surface area contributed by atoms with Crippen molar-refractivity contribution in [2.75, 3.05) is 7.05 Å². The van der Waals surface area contributed by atoms with E-state index in [4.69, 9.17) is 0 Å². The third-order valence-corrected chi connectivity index (χ3v) is 3.74. The molecule has 2 fully saturated rings. The summed E-state index contributed by atoms with van der Waals surface area (Å²) in [6.07, 6.45) is 14.7. The van der Waals surface area contributed by atoms with Crippen molar-refractivity contribution in [1.29, 1.82) is 0 Å². The van der Waals surface area contributed by atoms with Gasteiger partial charge in [-0.1, -0.05) is 58.3 Å². The molecule has 0 radical (unpaired) electrons. The Labute approximate surface area is 113 Å². The van der Waals surface area contributed by atoms with E-state index in [1.54, 1.807) is 7.05 Å². The minimum absolute atomic E-state index is 0.406. The van der Waals surface area contributed by atoms with Crippen LogP contribution in [0.3, 0.4) is 0 Å². The van der Waals surface area contributed by atoms with Gasteiger partial charge in [-0.15, -0.1) is 0 Å². The van der Waals surface area contributed by atoms with Crippen molar-refractivity contribution in [1.82, 2.24) is 0 Å². The zero-order chi connectivity index (χ0) is 13.6. The predicted molar refractivity (Wildman–Crippen MR) is 80.4 cm³/mol. The minimum Gasteiger partial charge on any atom is -0.304 e. The molecular formula is C16H31NO. The molecule has 0 aliphatic heterocycles. The van der Waals surface area contributed by atoms with Gasteiger partial charge in [-0.2, -0.15) is 0 Å².